The van der Waals surface area contributed by atoms with Crippen molar-refractivity contribution in [2.75, 3.05) is 31.7 Å². The van der Waals surface area contributed by atoms with Crippen LogP contribution in [0, 0.1) is 5.92 Å². The highest BCUT2D eigenvalue weighted by molar-refractivity contribution is 7.18. The Morgan fingerprint density at radius 3 is 2.81 bits per heavy atom. The number of anilines is 1. The van der Waals surface area contributed by atoms with Gasteiger partial charge in [0, 0.05) is 19.7 Å². The summed E-state index contributed by atoms with van der Waals surface area (Å²) in [7, 11) is 1.35. The molecule has 7 heteroatoms. The summed E-state index contributed by atoms with van der Waals surface area (Å²) in [4.78, 5) is 18.5. The lowest BCUT2D eigenvalue weighted by Crippen LogP contribution is -2.37. The maximum atomic E-state index is 11.6. The van der Waals surface area contributed by atoms with Gasteiger partial charge in [-0.15, -0.1) is 0 Å². The summed E-state index contributed by atoms with van der Waals surface area (Å²) in [6.07, 6.45) is 5.04. The molecule has 21 heavy (non-hydrogen) atoms. The van der Waals surface area contributed by atoms with E-state index in [2.05, 4.69) is 9.88 Å². The molecule has 5 nitrogen and oxygen atoms in total. The molecule has 116 valence electrons. The van der Waals surface area contributed by atoms with Crippen molar-refractivity contribution in [1.29, 1.82) is 0 Å². The van der Waals surface area contributed by atoms with Crippen LogP contribution in [0.1, 0.15) is 35.4 Å². The zero-order chi connectivity index (χ0) is 14.8. The maximum Gasteiger partial charge on any atom is 0.351 e. The normalized spacial score (nSPS) is 23.5. The summed E-state index contributed by atoms with van der Waals surface area (Å²) < 4.78 is 10.5. The van der Waals surface area contributed by atoms with Crippen molar-refractivity contribution in [3.63, 3.8) is 0 Å². The van der Waals surface area contributed by atoms with Crippen molar-refractivity contribution in [2.24, 2.45) is 5.92 Å². The number of halogens is 1. The van der Waals surface area contributed by atoms with Crippen LogP contribution >= 0.6 is 22.9 Å². The van der Waals surface area contributed by atoms with Gasteiger partial charge >= 0.3 is 5.97 Å². The minimum Gasteiger partial charge on any atom is -0.465 e. The average Bonchev–Trinajstić information content (AvgIpc) is 3.16. The fourth-order valence-corrected chi connectivity index (χ4v) is 4.33. The number of hydrogen-bond acceptors (Lipinski definition) is 6. The van der Waals surface area contributed by atoms with Gasteiger partial charge in [0.25, 0.3) is 0 Å². The third-order valence-electron chi connectivity index (χ3n) is 4.25. The van der Waals surface area contributed by atoms with E-state index in [-0.39, 0.29) is 5.15 Å². The molecule has 1 aromatic heterocycles. The Hall–Kier alpha value is -0.850. The molecular weight excluding hydrogens is 312 g/mol. The van der Waals surface area contributed by atoms with E-state index in [1.807, 2.05) is 0 Å². The molecule has 1 atom stereocenters. The van der Waals surface area contributed by atoms with Crippen molar-refractivity contribution >= 4 is 34.0 Å². The Morgan fingerprint density at radius 1 is 1.43 bits per heavy atom. The topological polar surface area (TPSA) is 51.7 Å². The number of rotatable bonds is 3. The first kappa shape index (κ1) is 15.1. The summed E-state index contributed by atoms with van der Waals surface area (Å²) in [6, 6.07) is 0. The molecule has 0 saturated carbocycles. The van der Waals surface area contributed by atoms with Crippen LogP contribution in [-0.2, 0) is 9.47 Å². The minimum absolute atomic E-state index is 0.239. The number of carbonyl (C=O) groups is 1. The second-order valence-electron chi connectivity index (χ2n) is 5.48. The molecule has 0 amide bonds. The number of esters is 1. The van der Waals surface area contributed by atoms with E-state index in [0.29, 0.717) is 16.9 Å². The van der Waals surface area contributed by atoms with Crippen LogP contribution in [0.25, 0.3) is 0 Å². The maximum absolute atomic E-state index is 11.6. The number of piperidine rings is 1. The van der Waals surface area contributed by atoms with Crippen LogP contribution in [0.15, 0.2) is 0 Å². The Labute approximate surface area is 133 Å². The first-order valence-corrected chi connectivity index (χ1v) is 8.49. The van der Waals surface area contributed by atoms with Crippen molar-refractivity contribution in [2.45, 2.75) is 31.8 Å². The van der Waals surface area contributed by atoms with Gasteiger partial charge in [-0.1, -0.05) is 22.9 Å². The summed E-state index contributed by atoms with van der Waals surface area (Å²) in [6.45, 7) is 2.79. The second kappa shape index (κ2) is 6.50. The van der Waals surface area contributed by atoms with E-state index >= 15 is 0 Å². The van der Waals surface area contributed by atoms with Gasteiger partial charge in [-0.3, -0.25) is 0 Å². The number of ether oxygens (including phenoxy) is 2. The van der Waals surface area contributed by atoms with E-state index in [4.69, 9.17) is 21.1 Å². The van der Waals surface area contributed by atoms with Gasteiger partial charge in [0.05, 0.1) is 13.2 Å². The van der Waals surface area contributed by atoms with Crippen molar-refractivity contribution in [3.8, 4) is 0 Å². The van der Waals surface area contributed by atoms with E-state index in [9.17, 15) is 4.79 Å². The smallest absolute Gasteiger partial charge is 0.351 e. The third-order valence-corrected chi connectivity index (χ3v) is 5.73. The van der Waals surface area contributed by atoms with Crippen LogP contribution in [0.2, 0.25) is 5.15 Å². The van der Waals surface area contributed by atoms with Gasteiger partial charge in [0.2, 0.25) is 0 Å². The monoisotopic (exact) mass is 330 g/mol. The second-order valence-corrected chi connectivity index (χ2v) is 6.82. The molecule has 2 aliphatic heterocycles. The van der Waals surface area contributed by atoms with Gasteiger partial charge in [0.15, 0.2) is 15.2 Å². The van der Waals surface area contributed by atoms with Crippen molar-refractivity contribution < 1.29 is 14.3 Å². The van der Waals surface area contributed by atoms with Gasteiger partial charge in [-0.25, -0.2) is 9.78 Å². The molecule has 2 saturated heterocycles. The molecule has 0 aromatic carbocycles. The van der Waals surface area contributed by atoms with Crippen molar-refractivity contribution in [1.82, 2.24) is 4.98 Å². The Bertz CT molecular complexity index is 508. The lowest BCUT2D eigenvalue weighted by atomic mass is 9.90. The van der Waals surface area contributed by atoms with Gasteiger partial charge < -0.3 is 14.4 Å². The number of carbonyl (C=O) groups excluding carboxylic acids is 1. The predicted molar refractivity (Wildman–Crippen MR) is 82.4 cm³/mol. The van der Waals surface area contributed by atoms with Crippen LogP contribution < -0.4 is 4.90 Å². The first-order valence-electron chi connectivity index (χ1n) is 7.30. The molecule has 0 spiro atoms. The summed E-state index contributed by atoms with van der Waals surface area (Å²) in [5, 5.41) is 1.05. The van der Waals surface area contributed by atoms with Crippen LogP contribution in [0.4, 0.5) is 5.13 Å². The van der Waals surface area contributed by atoms with Crippen LogP contribution in [0.3, 0.4) is 0 Å². The molecule has 0 radical (unpaired) electrons. The van der Waals surface area contributed by atoms with Crippen molar-refractivity contribution in [3.05, 3.63) is 10.0 Å². The molecule has 3 rings (SSSR count). The lowest BCUT2D eigenvalue weighted by Gasteiger charge is -2.34. The third kappa shape index (κ3) is 3.17. The predicted octanol–water partition coefficient (Wildman–Crippen LogP) is 2.98. The van der Waals surface area contributed by atoms with Gasteiger partial charge in [-0.2, -0.15) is 0 Å². The number of aromatic nitrogens is 1. The molecule has 0 N–H and O–H groups in total. The minimum atomic E-state index is -0.419. The average molecular weight is 331 g/mol. The fourth-order valence-electron chi connectivity index (χ4n) is 3.08. The Balaban J connectivity index is 1.62. The van der Waals surface area contributed by atoms with E-state index in [1.54, 1.807) is 0 Å². The van der Waals surface area contributed by atoms with Gasteiger partial charge in [-0.05, 0) is 31.6 Å². The Kier molecular flexibility index (Phi) is 4.66. The zero-order valence-electron chi connectivity index (χ0n) is 12.0. The summed E-state index contributed by atoms with van der Waals surface area (Å²) in [5.41, 5.74) is 0. The number of methoxy groups -OCH3 is 1. The first-order chi connectivity index (χ1) is 10.2. The summed E-state index contributed by atoms with van der Waals surface area (Å²) in [5.74, 6) is 0.234. The van der Waals surface area contributed by atoms with Crippen LogP contribution in [-0.4, -0.2) is 43.9 Å². The molecule has 0 aliphatic carbocycles. The van der Waals surface area contributed by atoms with Crippen LogP contribution in [0.5, 0.6) is 0 Å². The lowest BCUT2D eigenvalue weighted by molar-refractivity contribution is 0.0531. The highest BCUT2D eigenvalue weighted by atomic mass is 35.5. The largest absolute Gasteiger partial charge is 0.465 e. The number of nitrogens with zero attached hydrogens (tertiary/aromatic N) is 2. The molecule has 3 heterocycles. The quantitative estimate of drug-likeness (QED) is 0.797. The van der Waals surface area contributed by atoms with Gasteiger partial charge in [0.1, 0.15) is 0 Å². The fraction of sp³-hybridized carbons (Fsp3) is 0.714. The summed E-state index contributed by atoms with van der Waals surface area (Å²) >= 11 is 7.33. The molecule has 2 fully saturated rings. The standard InChI is InChI=1S/C14H19ClN2O3S/c1-19-13(18)11-12(15)16-14(21-11)17-6-4-9(5-7-17)10-3-2-8-20-10/h9-10H,2-8H2,1H3. The molecule has 2 aliphatic rings. The molecular formula is C14H19ClN2O3S. The highest BCUT2D eigenvalue weighted by Crippen LogP contribution is 2.34. The number of hydrogen-bond donors (Lipinski definition) is 0. The van der Waals surface area contributed by atoms with E-state index in [1.165, 1.54) is 31.3 Å². The molecule has 1 unspecified atom stereocenters. The Morgan fingerprint density at radius 2 is 2.19 bits per heavy atom. The molecule has 1 aromatic rings. The number of thiazole rings is 1. The zero-order valence-corrected chi connectivity index (χ0v) is 13.6. The highest BCUT2D eigenvalue weighted by Gasteiger charge is 2.31. The van der Waals surface area contributed by atoms with E-state index in [0.717, 1.165) is 37.7 Å². The SMILES string of the molecule is COC(=O)c1sc(N2CCC(C3CCCO3)CC2)nc1Cl. The van der Waals surface area contributed by atoms with E-state index < -0.39 is 5.97 Å². The molecule has 0 bridgehead atoms.